The average Bonchev–Trinajstić information content (AvgIpc) is 2.59. The molecular weight excluding hydrogens is 360 g/mol. The number of benzene rings is 1. The van der Waals surface area contributed by atoms with Crippen molar-refractivity contribution in [3.8, 4) is 0 Å². The number of hydrogen-bond donors (Lipinski definition) is 1. The van der Waals surface area contributed by atoms with Crippen molar-refractivity contribution in [3.05, 3.63) is 34.3 Å². The maximum absolute atomic E-state index is 12.5. The first-order chi connectivity index (χ1) is 11.1. The standard InChI is InChI=1S/C17H21BrN2O3/c18-13-5-3-4-12(10-13)17(22)19-11-16(21)20-8-9-23-15-7-2-1-6-14(15)20/h3-5,10,14-15H,1-2,6-9,11H2,(H,19,22)/t14-,15-/m0/s1. The maximum atomic E-state index is 12.5. The van der Waals surface area contributed by atoms with Crippen LogP contribution in [-0.4, -0.2) is 48.6 Å². The third-order valence-electron chi connectivity index (χ3n) is 4.54. The first kappa shape index (κ1) is 16.5. The van der Waals surface area contributed by atoms with Gasteiger partial charge >= 0.3 is 0 Å². The minimum absolute atomic E-state index is 0.0199. The lowest BCUT2D eigenvalue weighted by Gasteiger charge is -2.43. The molecule has 1 aromatic rings. The summed E-state index contributed by atoms with van der Waals surface area (Å²) in [7, 11) is 0. The minimum atomic E-state index is -0.229. The molecule has 0 spiro atoms. The Morgan fingerprint density at radius 3 is 2.96 bits per heavy atom. The van der Waals surface area contributed by atoms with Gasteiger partial charge in [-0.15, -0.1) is 0 Å². The largest absolute Gasteiger partial charge is 0.374 e. The predicted octanol–water partition coefficient (Wildman–Crippen LogP) is 2.35. The first-order valence-corrected chi connectivity index (χ1v) is 8.89. The Hall–Kier alpha value is -1.40. The number of morpholine rings is 1. The van der Waals surface area contributed by atoms with Gasteiger partial charge in [-0.25, -0.2) is 0 Å². The molecule has 2 aliphatic rings. The molecule has 2 amide bonds. The van der Waals surface area contributed by atoms with E-state index in [1.165, 1.54) is 6.42 Å². The number of rotatable bonds is 3. The number of hydrogen-bond acceptors (Lipinski definition) is 3. The fraction of sp³-hybridized carbons (Fsp3) is 0.529. The number of fused-ring (bicyclic) bond motifs is 1. The van der Waals surface area contributed by atoms with Gasteiger partial charge in [-0.1, -0.05) is 34.8 Å². The highest BCUT2D eigenvalue weighted by molar-refractivity contribution is 9.10. The Morgan fingerprint density at radius 2 is 2.13 bits per heavy atom. The fourth-order valence-electron chi connectivity index (χ4n) is 3.40. The molecule has 5 nitrogen and oxygen atoms in total. The summed E-state index contributed by atoms with van der Waals surface area (Å²) in [6.45, 7) is 1.24. The number of nitrogens with zero attached hydrogens (tertiary/aromatic N) is 1. The van der Waals surface area contributed by atoms with Crippen LogP contribution in [0.4, 0.5) is 0 Å². The lowest BCUT2D eigenvalue weighted by atomic mass is 9.90. The summed E-state index contributed by atoms with van der Waals surface area (Å²) in [6, 6.07) is 7.31. The van der Waals surface area contributed by atoms with E-state index < -0.39 is 0 Å². The molecule has 2 atom stereocenters. The Balaban J connectivity index is 1.57. The molecule has 2 fully saturated rings. The summed E-state index contributed by atoms with van der Waals surface area (Å²) in [5.74, 6) is -0.248. The van der Waals surface area contributed by atoms with E-state index in [1.807, 2.05) is 11.0 Å². The number of carbonyl (C=O) groups is 2. The highest BCUT2D eigenvalue weighted by Crippen LogP contribution is 2.28. The first-order valence-electron chi connectivity index (χ1n) is 8.10. The van der Waals surface area contributed by atoms with Gasteiger partial charge in [-0.2, -0.15) is 0 Å². The summed E-state index contributed by atoms with van der Waals surface area (Å²) in [6.07, 6.45) is 4.50. The molecule has 1 aliphatic carbocycles. The molecule has 1 aliphatic heterocycles. The van der Waals surface area contributed by atoms with Crippen LogP contribution in [0.5, 0.6) is 0 Å². The molecular formula is C17H21BrN2O3. The van der Waals surface area contributed by atoms with Gasteiger partial charge in [-0.3, -0.25) is 9.59 Å². The molecule has 0 radical (unpaired) electrons. The van der Waals surface area contributed by atoms with E-state index >= 15 is 0 Å². The smallest absolute Gasteiger partial charge is 0.251 e. The summed E-state index contributed by atoms with van der Waals surface area (Å²) in [5.41, 5.74) is 0.546. The summed E-state index contributed by atoms with van der Waals surface area (Å²) >= 11 is 3.34. The van der Waals surface area contributed by atoms with Crippen LogP contribution in [0.15, 0.2) is 28.7 Å². The van der Waals surface area contributed by atoms with Crippen molar-refractivity contribution in [2.45, 2.75) is 37.8 Å². The lowest BCUT2D eigenvalue weighted by Crippen LogP contribution is -2.56. The van der Waals surface area contributed by atoms with Gasteiger partial charge in [0.15, 0.2) is 0 Å². The van der Waals surface area contributed by atoms with Crippen molar-refractivity contribution in [1.82, 2.24) is 10.2 Å². The minimum Gasteiger partial charge on any atom is -0.374 e. The Kier molecular flexibility index (Phi) is 5.33. The quantitative estimate of drug-likeness (QED) is 0.875. The van der Waals surface area contributed by atoms with Gasteiger partial charge in [0, 0.05) is 16.6 Å². The third-order valence-corrected chi connectivity index (χ3v) is 5.03. The molecule has 0 aromatic heterocycles. The van der Waals surface area contributed by atoms with E-state index in [9.17, 15) is 9.59 Å². The van der Waals surface area contributed by atoms with E-state index in [-0.39, 0.29) is 30.5 Å². The Morgan fingerprint density at radius 1 is 1.30 bits per heavy atom. The Labute approximate surface area is 144 Å². The van der Waals surface area contributed by atoms with Gasteiger partial charge in [-0.05, 0) is 31.0 Å². The molecule has 23 heavy (non-hydrogen) atoms. The van der Waals surface area contributed by atoms with Crippen LogP contribution in [0.25, 0.3) is 0 Å². The normalized spacial score (nSPS) is 24.0. The fourth-order valence-corrected chi connectivity index (χ4v) is 3.79. The molecule has 0 unspecified atom stereocenters. The Bertz CT molecular complexity index is 591. The number of nitrogens with one attached hydrogen (secondary N) is 1. The van der Waals surface area contributed by atoms with E-state index in [2.05, 4.69) is 21.2 Å². The molecule has 3 rings (SSSR count). The number of carbonyl (C=O) groups excluding carboxylic acids is 2. The van der Waals surface area contributed by atoms with Crippen LogP contribution in [0.1, 0.15) is 36.0 Å². The van der Waals surface area contributed by atoms with Crippen molar-refractivity contribution >= 4 is 27.7 Å². The van der Waals surface area contributed by atoms with Crippen molar-refractivity contribution < 1.29 is 14.3 Å². The van der Waals surface area contributed by atoms with Gasteiger partial charge in [0.05, 0.1) is 25.3 Å². The summed E-state index contributed by atoms with van der Waals surface area (Å²) < 4.78 is 6.63. The van der Waals surface area contributed by atoms with E-state index in [0.29, 0.717) is 18.7 Å². The van der Waals surface area contributed by atoms with Gasteiger partial charge < -0.3 is 15.0 Å². The molecule has 6 heteroatoms. The third kappa shape index (κ3) is 3.93. The highest BCUT2D eigenvalue weighted by atomic mass is 79.9. The second-order valence-electron chi connectivity index (χ2n) is 6.04. The zero-order valence-electron chi connectivity index (χ0n) is 13.0. The van der Waals surface area contributed by atoms with Crippen molar-refractivity contribution in [1.29, 1.82) is 0 Å². The summed E-state index contributed by atoms with van der Waals surface area (Å²) in [5, 5.41) is 2.73. The second kappa shape index (κ2) is 7.45. The molecule has 1 heterocycles. The van der Waals surface area contributed by atoms with Crippen LogP contribution in [0.3, 0.4) is 0 Å². The number of ether oxygens (including phenoxy) is 1. The molecule has 1 saturated carbocycles. The number of halogens is 1. The van der Waals surface area contributed by atoms with E-state index in [1.54, 1.807) is 18.2 Å². The monoisotopic (exact) mass is 380 g/mol. The SMILES string of the molecule is O=C(NCC(=O)N1CCO[C@H]2CCCC[C@@H]21)c1cccc(Br)c1. The van der Waals surface area contributed by atoms with E-state index in [4.69, 9.17) is 4.74 Å². The molecule has 1 saturated heterocycles. The average molecular weight is 381 g/mol. The van der Waals surface area contributed by atoms with Gasteiger partial charge in [0.2, 0.25) is 5.91 Å². The molecule has 1 N–H and O–H groups in total. The zero-order valence-corrected chi connectivity index (χ0v) is 14.5. The van der Waals surface area contributed by atoms with Crippen LogP contribution in [-0.2, 0) is 9.53 Å². The van der Waals surface area contributed by atoms with Crippen molar-refractivity contribution in [3.63, 3.8) is 0 Å². The van der Waals surface area contributed by atoms with Crippen LogP contribution < -0.4 is 5.32 Å². The predicted molar refractivity (Wildman–Crippen MR) is 90.2 cm³/mol. The van der Waals surface area contributed by atoms with Crippen LogP contribution in [0, 0.1) is 0 Å². The lowest BCUT2D eigenvalue weighted by molar-refractivity contribution is -0.148. The molecule has 124 valence electrons. The maximum Gasteiger partial charge on any atom is 0.251 e. The zero-order chi connectivity index (χ0) is 16.2. The molecule has 0 bridgehead atoms. The van der Waals surface area contributed by atoms with Gasteiger partial charge in [0.25, 0.3) is 5.91 Å². The van der Waals surface area contributed by atoms with E-state index in [0.717, 1.165) is 23.7 Å². The van der Waals surface area contributed by atoms with Crippen LogP contribution in [0.2, 0.25) is 0 Å². The van der Waals surface area contributed by atoms with Crippen molar-refractivity contribution in [2.24, 2.45) is 0 Å². The summed E-state index contributed by atoms with van der Waals surface area (Å²) in [4.78, 5) is 26.5. The highest BCUT2D eigenvalue weighted by Gasteiger charge is 2.36. The molecule has 1 aromatic carbocycles. The second-order valence-corrected chi connectivity index (χ2v) is 6.96. The van der Waals surface area contributed by atoms with Crippen LogP contribution >= 0.6 is 15.9 Å². The van der Waals surface area contributed by atoms with Gasteiger partial charge in [0.1, 0.15) is 0 Å². The van der Waals surface area contributed by atoms with Crippen molar-refractivity contribution in [2.75, 3.05) is 19.7 Å². The number of amides is 2. The topological polar surface area (TPSA) is 58.6 Å².